The summed E-state index contributed by atoms with van der Waals surface area (Å²) in [5.41, 5.74) is 2.65. The van der Waals surface area contributed by atoms with Crippen LogP contribution in [0.25, 0.3) is 0 Å². The average Bonchev–Trinajstić information content (AvgIpc) is 3.77. The third-order valence-corrected chi connectivity index (χ3v) is 14.5. The molecule has 0 radical (unpaired) electrons. The molecule has 0 saturated carbocycles. The molecule has 290 valence electrons. The Hall–Kier alpha value is -3.94. The number of hydrogen-bond donors (Lipinski definition) is 1. The van der Waals surface area contributed by atoms with Gasteiger partial charge in [-0.3, -0.25) is 19.1 Å². The number of hydrogen-bond acceptors (Lipinski definition) is 7. The number of carbonyl (C=O) groups excluding carboxylic acids is 3. The summed E-state index contributed by atoms with van der Waals surface area (Å²) < 4.78 is 25.3. The van der Waals surface area contributed by atoms with Crippen molar-refractivity contribution in [3.63, 3.8) is 0 Å². The topological polar surface area (TPSA) is 121 Å². The van der Waals surface area contributed by atoms with Gasteiger partial charge in [0.05, 0.1) is 24.0 Å². The van der Waals surface area contributed by atoms with E-state index in [0.717, 1.165) is 68.3 Å². The molecule has 11 nitrogen and oxygen atoms in total. The Morgan fingerprint density at radius 3 is 2.17 bits per heavy atom. The van der Waals surface area contributed by atoms with Crippen LogP contribution in [-0.2, 0) is 44.2 Å². The molecule has 3 fully saturated rings. The quantitative estimate of drug-likeness (QED) is 0.178. The normalized spacial score (nSPS) is 25.5. The Balaban J connectivity index is 1.24. The Labute approximate surface area is 319 Å². The minimum absolute atomic E-state index is 0.0283. The van der Waals surface area contributed by atoms with Gasteiger partial charge in [0.15, 0.2) is 5.60 Å². The summed E-state index contributed by atoms with van der Waals surface area (Å²) in [5.74, 6) is -0.483. The zero-order valence-electron chi connectivity index (χ0n) is 32.0. The van der Waals surface area contributed by atoms with Gasteiger partial charge in [-0.25, -0.2) is 0 Å². The molecule has 3 amide bonds. The van der Waals surface area contributed by atoms with Crippen molar-refractivity contribution < 1.29 is 28.3 Å². The molecule has 1 aromatic heterocycles. The average molecular weight is 759 g/mol. The van der Waals surface area contributed by atoms with Crippen LogP contribution < -0.4 is 14.7 Å². The van der Waals surface area contributed by atoms with Crippen LogP contribution in [0, 0.1) is 5.92 Å². The van der Waals surface area contributed by atoms with Crippen molar-refractivity contribution in [2.75, 3.05) is 34.4 Å². The van der Waals surface area contributed by atoms with Crippen LogP contribution in [0.2, 0.25) is 18.6 Å². The highest BCUT2D eigenvalue weighted by atomic mass is 28.4. The van der Waals surface area contributed by atoms with E-state index in [1.54, 1.807) is 28.9 Å². The summed E-state index contributed by atoms with van der Waals surface area (Å²) in [6, 6.07) is 13.7. The lowest BCUT2D eigenvalue weighted by molar-refractivity contribution is -0.146. The first-order valence-corrected chi connectivity index (χ1v) is 23.0. The molecule has 54 heavy (non-hydrogen) atoms. The van der Waals surface area contributed by atoms with Gasteiger partial charge in [-0.1, -0.05) is 50.0 Å². The van der Waals surface area contributed by atoms with E-state index in [4.69, 9.17) is 4.74 Å². The highest BCUT2D eigenvalue weighted by Crippen LogP contribution is 2.60. The molecule has 4 aliphatic heterocycles. The summed E-state index contributed by atoms with van der Waals surface area (Å²) in [7, 11) is -3.41. The van der Waals surface area contributed by atoms with Crippen molar-refractivity contribution in [2.24, 2.45) is 5.92 Å². The molecular weight excluding hydrogens is 704 g/mol. The van der Waals surface area contributed by atoms with Crippen molar-refractivity contribution in [3.05, 3.63) is 65.5 Å². The lowest BCUT2D eigenvalue weighted by Gasteiger charge is -2.32. The fourth-order valence-electron chi connectivity index (χ4n) is 9.40. The van der Waals surface area contributed by atoms with Gasteiger partial charge in [-0.05, 0) is 81.1 Å². The Morgan fingerprint density at radius 1 is 0.889 bits per heavy atom. The van der Waals surface area contributed by atoms with Crippen molar-refractivity contribution in [1.29, 1.82) is 0 Å². The molecule has 1 spiro atoms. The SMILES string of the molecule is C[C@H]1[C@H]([Si](C)(C)F)[C@@H](CCn2cc(CCO)nn2)O[C@]12C(=O)N(Cc1ccc(N3CCCCCCC3=O)cc1)c1ccc(N3CCCCCCC3=O)cc12. The Kier molecular flexibility index (Phi) is 11.4. The summed E-state index contributed by atoms with van der Waals surface area (Å²) in [6.45, 7) is 7.34. The van der Waals surface area contributed by atoms with Crippen LogP contribution >= 0.6 is 0 Å². The first-order chi connectivity index (χ1) is 26.0. The number of aliphatic hydroxyl groups is 1. The van der Waals surface area contributed by atoms with E-state index in [0.29, 0.717) is 62.3 Å². The van der Waals surface area contributed by atoms with Crippen molar-refractivity contribution in [2.45, 2.75) is 127 Å². The molecule has 5 heterocycles. The third kappa shape index (κ3) is 7.51. The fraction of sp³-hybridized carbons (Fsp3) is 0.585. The predicted octanol–water partition coefficient (Wildman–Crippen LogP) is 6.82. The monoisotopic (exact) mass is 758 g/mol. The van der Waals surface area contributed by atoms with Gasteiger partial charge in [0, 0.05) is 80.1 Å². The number of rotatable bonds is 10. The molecule has 1 N–H and O–H groups in total. The van der Waals surface area contributed by atoms with Gasteiger partial charge < -0.3 is 28.7 Å². The maximum absolute atomic E-state index is 16.6. The van der Waals surface area contributed by atoms with Gasteiger partial charge in [0.25, 0.3) is 5.91 Å². The van der Waals surface area contributed by atoms with E-state index in [9.17, 15) is 14.7 Å². The fourth-order valence-corrected chi connectivity index (χ4v) is 11.9. The molecule has 0 aliphatic carbocycles. The van der Waals surface area contributed by atoms with Crippen molar-refractivity contribution in [3.8, 4) is 0 Å². The second-order valence-corrected chi connectivity index (χ2v) is 20.0. The summed E-state index contributed by atoms with van der Waals surface area (Å²) in [5, 5.41) is 17.7. The van der Waals surface area contributed by atoms with E-state index in [1.807, 2.05) is 59.2 Å². The van der Waals surface area contributed by atoms with Crippen molar-refractivity contribution >= 4 is 43.2 Å². The number of fused-ring (bicyclic) bond motifs is 2. The zero-order valence-corrected chi connectivity index (χ0v) is 33.0. The maximum atomic E-state index is 16.6. The molecule has 4 aliphatic rings. The Morgan fingerprint density at radius 2 is 1.52 bits per heavy atom. The number of aryl methyl sites for hydroxylation is 1. The molecule has 0 unspecified atom stereocenters. The number of halogens is 1. The van der Waals surface area contributed by atoms with Crippen LogP contribution in [0.5, 0.6) is 0 Å². The van der Waals surface area contributed by atoms with Gasteiger partial charge in [-0.15, -0.1) is 5.10 Å². The molecule has 0 bridgehead atoms. The maximum Gasteiger partial charge on any atom is 0.264 e. The lowest BCUT2D eigenvalue weighted by atomic mass is 9.82. The molecule has 13 heteroatoms. The highest BCUT2D eigenvalue weighted by Gasteiger charge is 2.66. The first kappa shape index (κ1) is 38.3. The largest absolute Gasteiger partial charge is 0.396 e. The number of benzene rings is 2. The predicted molar refractivity (Wildman–Crippen MR) is 208 cm³/mol. The smallest absolute Gasteiger partial charge is 0.264 e. The lowest BCUT2D eigenvalue weighted by Crippen LogP contribution is -2.45. The van der Waals surface area contributed by atoms with Gasteiger partial charge >= 0.3 is 0 Å². The van der Waals surface area contributed by atoms with E-state index in [1.165, 1.54) is 0 Å². The van der Waals surface area contributed by atoms with Gasteiger partial charge in [-0.2, -0.15) is 0 Å². The minimum Gasteiger partial charge on any atom is -0.396 e. The molecular formula is C41H55FN6O5Si. The van der Waals surface area contributed by atoms with Crippen LogP contribution in [-0.4, -0.2) is 72.0 Å². The van der Waals surface area contributed by atoms with Crippen molar-refractivity contribution in [1.82, 2.24) is 15.0 Å². The number of aliphatic hydroxyl groups excluding tert-OH is 1. The molecule has 3 aromatic rings. The second kappa shape index (κ2) is 16.0. The standard InChI is InChI=1S/C41H55FN6O5Si/c1-29-39(54(2,3)42)36(20-24-45-28-31(21-25-49)43-44-45)53-41(29)34-26-33(47-23-11-7-5-9-13-38(47)51)18-19-35(34)48(40(41)52)27-30-14-16-32(17-15-30)46-22-10-6-4-8-12-37(46)50/h14-19,26,28-29,36,39,49H,4-13,20-25,27H2,1-3H3/t29-,36+,39-,41+/m0/s1. The third-order valence-electron chi connectivity index (χ3n) is 12.1. The minimum atomic E-state index is -3.41. The number of carbonyl (C=O) groups is 3. The summed E-state index contributed by atoms with van der Waals surface area (Å²) in [6.07, 6.45) is 11.0. The van der Waals surface area contributed by atoms with Crippen LogP contribution in [0.1, 0.15) is 94.4 Å². The number of aromatic nitrogens is 3. The second-order valence-electron chi connectivity index (χ2n) is 16.2. The summed E-state index contributed by atoms with van der Waals surface area (Å²) >= 11 is 0. The highest BCUT2D eigenvalue weighted by molar-refractivity contribution is 6.72. The number of nitrogens with zero attached hydrogens (tertiary/aromatic N) is 6. The number of amides is 3. The number of ether oxygens (including phenoxy) is 1. The van der Waals surface area contributed by atoms with Crippen LogP contribution in [0.15, 0.2) is 48.7 Å². The van der Waals surface area contributed by atoms with E-state index >= 15 is 8.90 Å². The van der Waals surface area contributed by atoms with Crippen LogP contribution in [0.3, 0.4) is 0 Å². The molecule has 4 atom stereocenters. The Bertz CT molecular complexity index is 1830. The van der Waals surface area contributed by atoms with Gasteiger partial charge in [0.2, 0.25) is 20.2 Å². The summed E-state index contributed by atoms with van der Waals surface area (Å²) in [4.78, 5) is 47.0. The molecule has 2 aromatic carbocycles. The molecule has 7 rings (SSSR count). The van der Waals surface area contributed by atoms with Crippen LogP contribution in [0.4, 0.5) is 21.2 Å². The number of anilines is 3. The molecule has 3 saturated heterocycles. The van der Waals surface area contributed by atoms with E-state index < -0.39 is 31.6 Å². The van der Waals surface area contributed by atoms with Gasteiger partial charge in [0.1, 0.15) is 0 Å². The zero-order chi connectivity index (χ0) is 38.0. The van der Waals surface area contributed by atoms with E-state index in [2.05, 4.69) is 10.3 Å². The first-order valence-electron chi connectivity index (χ1n) is 20.0. The van der Waals surface area contributed by atoms with E-state index in [-0.39, 0.29) is 30.9 Å².